The number of carbonyl (C=O) groups excluding carboxylic acids is 2. The van der Waals surface area contributed by atoms with Crippen molar-refractivity contribution in [2.45, 2.75) is 26.6 Å². The van der Waals surface area contributed by atoms with E-state index in [0.717, 1.165) is 0 Å². The molecule has 36 heavy (non-hydrogen) atoms. The number of hydrogen-bond acceptors (Lipinski definition) is 9. The van der Waals surface area contributed by atoms with Crippen molar-refractivity contribution >= 4 is 29.5 Å². The van der Waals surface area contributed by atoms with Gasteiger partial charge in [0.25, 0.3) is 0 Å². The number of esters is 1. The van der Waals surface area contributed by atoms with Crippen LogP contribution in [-0.4, -0.2) is 48.6 Å². The molecule has 0 amide bonds. The van der Waals surface area contributed by atoms with Gasteiger partial charge >= 0.3 is 18.1 Å². The zero-order chi connectivity index (χ0) is 26.1. The third-order valence-corrected chi connectivity index (χ3v) is 5.18. The molecule has 1 heterocycles. The summed E-state index contributed by atoms with van der Waals surface area (Å²) in [6.07, 6.45) is -1.74. The number of halogens is 2. The highest BCUT2D eigenvalue weighted by molar-refractivity contribution is 6.31. The fourth-order valence-electron chi connectivity index (χ4n) is 3.18. The van der Waals surface area contributed by atoms with Crippen LogP contribution in [0.1, 0.15) is 29.8 Å². The second-order valence-corrected chi connectivity index (χ2v) is 7.76. The zero-order valence-electron chi connectivity index (χ0n) is 19.9. The van der Waals surface area contributed by atoms with Gasteiger partial charge in [-0.2, -0.15) is 9.97 Å². The number of benzene rings is 2. The van der Waals surface area contributed by atoms with Crippen molar-refractivity contribution in [3.63, 3.8) is 0 Å². The smallest absolute Gasteiger partial charge is 0.467 e. The molecule has 0 aliphatic heterocycles. The Morgan fingerprint density at radius 3 is 2.61 bits per heavy atom. The minimum atomic E-state index is -1.14. The Balaban J connectivity index is 1.73. The Bertz CT molecular complexity index is 1210. The van der Waals surface area contributed by atoms with E-state index in [-0.39, 0.29) is 24.0 Å². The van der Waals surface area contributed by atoms with Gasteiger partial charge in [-0.25, -0.2) is 14.0 Å². The lowest BCUT2D eigenvalue weighted by molar-refractivity contribution is -0.0811. The molecule has 1 atom stereocenters. The van der Waals surface area contributed by atoms with Gasteiger partial charge in [0.15, 0.2) is 0 Å². The lowest BCUT2D eigenvalue weighted by atomic mass is 10.1. The standard InChI is InChI=1S/C25H25ClFN3O6/c1-4-34-25(32)36-15(2)35-23(31)17-8-5-7-16(13-17)21-14-22(30-24(29-21)33-3)28-12-11-18-19(26)9-6-10-20(18)27/h5-10,13-15H,4,11-12H2,1-3H3,(H,28,29,30). The fraction of sp³-hybridized carbons (Fsp3) is 0.280. The average Bonchev–Trinajstić information content (AvgIpc) is 2.85. The summed E-state index contributed by atoms with van der Waals surface area (Å²) in [4.78, 5) is 32.5. The predicted octanol–water partition coefficient (Wildman–Crippen LogP) is 5.28. The van der Waals surface area contributed by atoms with Gasteiger partial charge in [0.1, 0.15) is 11.6 Å². The number of hydrogen-bond donors (Lipinski definition) is 1. The van der Waals surface area contributed by atoms with Crippen LogP contribution < -0.4 is 10.1 Å². The molecule has 0 fully saturated rings. The first-order chi connectivity index (χ1) is 17.3. The van der Waals surface area contributed by atoms with Gasteiger partial charge in [-0.05, 0) is 37.6 Å². The molecule has 1 aromatic heterocycles. The Kier molecular flexibility index (Phi) is 9.40. The van der Waals surface area contributed by atoms with E-state index >= 15 is 0 Å². The number of anilines is 1. The van der Waals surface area contributed by atoms with Crippen molar-refractivity contribution in [3.8, 4) is 17.3 Å². The maximum absolute atomic E-state index is 14.0. The Morgan fingerprint density at radius 1 is 1.11 bits per heavy atom. The molecule has 0 radical (unpaired) electrons. The van der Waals surface area contributed by atoms with E-state index in [9.17, 15) is 14.0 Å². The van der Waals surface area contributed by atoms with Gasteiger partial charge in [-0.3, -0.25) is 0 Å². The molecular formula is C25H25ClFN3O6. The first-order valence-corrected chi connectivity index (χ1v) is 11.4. The first kappa shape index (κ1) is 26.7. The second-order valence-electron chi connectivity index (χ2n) is 7.36. The monoisotopic (exact) mass is 517 g/mol. The van der Waals surface area contributed by atoms with Crippen LogP contribution in [-0.2, 0) is 20.6 Å². The van der Waals surface area contributed by atoms with Crippen molar-refractivity contribution in [3.05, 3.63) is 70.5 Å². The molecule has 0 saturated heterocycles. The van der Waals surface area contributed by atoms with E-state index in [1.54, 1.807) is 49.4 Å². The van der Waals surface area contributed by atoms with Crippen LogP contribution in [0, 0.1) is 5.82 Å². The quantitative estimate of drug-likeness (QED) is 0.284. The fourth-order valence-corrected chi connectivity index (χ4v) is 3.43. The largest absolute Gasteiger partial charge is 0.511 e. The number of carbonyl (C=O) groups is 2. The van der Waals surface area contributed by atoms with Crippen LogP contribution in [0.4, 0.5) is 15.0 Å². The number of nitrogens with one attached hydrogen (secondary N) is 1. The SMILES string of the molecule is CCOC(=O)OC(C)OC(=O)c1cccc(-c2cc(NCCc3c(F)cccc3Cl)nc(OC)n2)c1. The molecule has 3 aromatic rings. The summed E-state index contributed by atoms with van der Waals surface area (Å²) in [5.41, 5.74) is 1.68. The molecule has 3 rings (SSSR count). The van der Waals surface area contributed by atoms with Crippen molar-refractivity contribution in [1.82, 2.24) is 9.97 Å². The highest BCUT2D eigenvalue weighted by atomic mass is 35.5. The summed E-state index contributed by atoms with van der Waals surface area (Å²) >= 11 is 6.09. The minimum Gasteiger partial charge on any atom is -0.467 e. The van der Waals surface area contributed by atoms with Crippen molar-refractivity contribution in [1.29, 1.82) is 0 Å². The van der Waals surface area contributed by atoms with Gasteiger partial charge in [0.2, 0.25) is 6.29 Å². The van der Waals surface area contributed by atoms with Crippen LogP contribution in [0.3, 0.4) is 0 Å². The third kappa shape index (κ3) is 7.29. The molecule has 1 N–H and O–H groups in total. The number of methoxy groups -OCH3 is 1. The third-order valence-electron chi connectivity index (χ3n) is 4.82. The minimum absolute atomic E-state index is 0.100. The number of ether oxygens (including phenoxy) is 4. The maximum Gasteiger partial charge on any atom is 0.511 e. The molecule has 2 aromatic carbocycles. The van der Waals surface area contributed by atoms with Crippen LogP contribution in [0.2, 0.25) is 5.02 Å². The first-order valence-electron chi connectivity index (χ1n) is 11.0. The molecule has 1 unspecified atom stereocenters. The Morgan fingerprint density at radius 2 is 1.89 bits per heavy atom. The molecule has 0 saturated carbocycles. The van der Waals surface area contributed by atoms with Crippen molar-refractivity contribution in [2.75, 3.05) is 25.6 Å². The lowest BCUT2D eigenvalue weighted by Gasteiger charge is -2.14. The summed E-state index contributed by atoms with van der Waals surface area (Å²) in [6, 6.07) is 12.8. The van der Waals surface area contributed by atoms with E-state index in [1.165, 1.54) is 20.1 Å². The van der Waals surface area contributed by atoms with Crippen LogP contribution in [0.15, 0.2) is 48.5 Å². The molecular weight excluding hydrogens is 493 g/mol. The highest BCUT2D eigenvalue weighted by Gasteiger charge is 2.17. The predicted molar refractivity (Wildman–Crippen MR) is 131 cm³/mol. The van der Waals surface area contributed by atoms with Gasteiger partial charge < -0.3 is 24.3 Å². The number of aromatic nitrogens is 2. The van der Waals surface area contributed by atoms with E-state index in [4.69, 9.17) is 25.8 Å². The summed E-state index contributed by atoms with van der Waals surface area (Å²) in [5, 5.41) is 3.47. The van der Waals surface area contributed by atoms with Gasteiger partial charge in [-0.1, -0.05) is 29.8 Å². The van der Waals surface area contributed by atoms with Crippen molar-refractivity contribution < 1.29 is 32.9 Å². The van der Waals surface area contributed by atoms with E-state index < -0.39 is 18.4 Å². The second kappa shape index (κ2) is 12.7. The summed E-state index contributed by atoms with van der Waals surface area (Å²) in [7, 11) is 1.43. The summed E-state index contributed by atoms with van der Waals surface area (Å²) < 4.78 is 33.9. The molecule has 0 aliphatic carbocycles. The molecule has 190 valence electrons. The van der Waals surface area contributed by atoms with Gasteiger partial charge in [0, 0.05) is 35.7 Å². The lowest BCUT2D eigenvalue weighted by Crippen LogP contribution is -2.22. The Labute approximate surface area is 212 Å². The normalized spacial score (nSPS) is 11.4. The Hall–Kier alpha value is -3.92. The van der Waals surface area contributed by atoms with Crippen molar-refractivity contribution in [2.24, 2.45) is 0 Å². The van der Waals surface area contributed by atoms with Gasteiger partial charge in [-0.15, -0.1) is 0 Å². The molecule has 0 aliphatic rings. The highest BCUT2D eigenvalue weighted by Crippen LogP contribution is 2.24. The number of nitrogens with zero attached hydrogens (tertiary/aromatic N) is 2. The van der Waals surface area contributed by atoms with Crippen LogP contribution >= 0.6 is 11.6 Å². The van der Waals surface area contributed by atoms with E-state index in [0.29, 0.717) is 40.6 Å². The summed E-state index contributed by atoms with van der Waals surface area (Å²) in [6.45, 7) is 3.52. The molecule has 11 heteroatoms. The molecule has 0 spiro atoms. The van der Waals surface area contributed by atoms with Crippen LogP contribution in [0.5, 0.6) is 6.01 Å². The summed E-state index contributed by atoms with van der Waals surface area (Å²) in [5.74, 6) is -0.639. The van der Waals surface area contributed by atoms with E-state index in [2.05, 4.69) is 20.0 Å². The maximum atomic E-state index is 14.0. The zero-order valence-corrected chi connectivity index (χ0v) is 20.7. The number of rotatable bonds is 10. The molecule has 0 bridgehead atoms. The average molecular weight is 518 g/mol. The topological polar surface area (TPSA) is 109 Å². The van der Waals surface area contributed by atoms with Gasteiger partial charge in [0.05, 0.1) is 25.0 Å². The molecule has 9 nitrogen and oxygen atoms in total. The van der Waals surface area contributed by atoms with Crippen LogP contribution in [0.25, 0.3) is 11.3 Å². The van der Waals surface area contributed by atoms with E-state index in [1.807, 2.05) is 0 Å².